The van der Waals surface area contributed by atoms with Crippen molar-refractivity contribution < 1.29 is 5.11 Å². The molecule has 1 aromatic rings. The van der Waals surface area contributed by atoms with Crippen molar-refractivity contribution >= 4 is 0 Å². The summed E-state index contributed by atoms with van der Waals surface area (Å²) in [5.41, 5.74) is 6.61. The van der Waals surface area contributed by atoms with Crippen molar-refractivity contribution in [1.29, 1.82) is 0 Å². The van der Waals surface area contributed by atoms with E-state index in [1.54, 1.807) is 0 Å². The minimum absolute atomic E-state index is 0.475. The number of hydrogen-bond acceptors (Lipinski definition) is 4. The van der Waals surface area contributed by atoms with Crippen LogP contribution in [-0.4, -0.2) is 55.4 Å². The topological polar surface area (TPSA) is 61.5 Å². The minimum Gasteiger partial charge on any atom is -0.388 e. The van der Waals surface area contributed by atoms with Gasteiger partial charge in [-0.3, -0.25) is 4.90 Å². The number of β-amino-alcohol motifs (C(OH)–C–C–N with tert-alkyl or cyclic N) is 1. The van der Waals surface area contributed by atoms with E-state index in [1.807, 2.05) is 20.0 Å². The van der Waals surface area contributed by atoms with Gasteiger partial charge in [0.25, 0.3) is 0 Å². The predicted molar refractivity (Wildman–Crippen MR) is 82.7 cm³/mol. The number of aliphatic hydroxyl groups is 1. The van der Waals surface area contributed by atoms with Gasteiger partial charge in [0.2, 0.25) is 0 Å². The third-order valence-corrected chi connectivity index (χ3v) is 4.17. The van der Waals surface area contributed by atoms with Crippen LogP contribution in [0, 0.1) is 5.92 Å². The monoisotopic (exact) mass is 277 g/mol. The van der Waals surface area contributed by atoms with Gasteiger partial charge >= 0.3 is 0 Å². The number of likely N-dealkylation sites (tertiary alicyclic amines) is 1. The normalized spacial score (nSPS) is 26.6. The Morgan fingerprint density at radius 3 is 2.65 bits per heavy atom. The molecule has 3 atom stereocenters. The maximum atomic E-state index is 10.4. The van der Waals surface area contributed by atoms with Crippen LogP contribution < -0.4 is 11.1 Å². The molecule has 0 aliphatic carbocycles. The number of nitrogens with one attached hydrogen (secondary N) is 1. The van der Waals surface area contributed by atoms with Gasteiger partial charge in [0.15, 0.2) is 0 Å². The lowest BCUT2D eigenvalue weighted by Gasteiger charge is -2.28. The molecule has 0 bridgehead atoms. The maximum absolute atomic E-state index is 10.4. The third kappa shape index (κ3) is 3.79. The van der Waals surface area contributed by atoms with E-state index >= 15 is 0 Å². The van der Waals surface area contributed by atoms with Gasteiger partial charge in [0, 0.05) is 32.1 Å². The lowest BCUT2D eigenvalue weighted by atomic mass is 9.89. The first-order valence-corrected chi connectivity index (χ1v) is 7.40. The zero-order valence-corrected chi connectivity index (χ0v) is 12.5. The molecular weight excluding hydrogens is 250 g/mol. The fraction of sp³-hybridized carbons (Fsp3) is 0.625. The Balaban J connectivity index is 2.03. The number of hydrogen-bond donors (Lipinski definition) is 3. The lowest BCUT2D eigenvalue weighted by Crippen LogP contribution is -2.46. The molecule has 1 heterocycles. The summed E-state index contributed by atoms with van der Waals surface area (Å²) in [5.74, 6) is 0.953. The van der Waals surface area contributed by atoms with Crippen molar-refractivity contribution in [3.63, 3.8) is 0 Å². The van der Waals surface area contributed by atoms with Gasteiger partial charge in [-0.1, -0.05) is 30.3 Å². The first-order valence-electron chi connectivity index (χ1n) is 7.40. The third-order valence-electron chi connectivity index (χ3n) is 4.17. The first-order chi connectivity index (χ1) is 9.55. The summed E-state index contributed by atoms with van der Waals surface area (Å²) < 4.78 is 0. The number of nitrogens with two attached hydrogens (primary N) is 1. The van der Waals surface area contributed by atoms with Gasteiger partial charge in [0.05, 0.1) is 5.60 Å². The zero-order chi connectivity index (χ0) is 14.6. The molecule has 20 heavy (non-hydrogen) atoms. The van der Waals surface area contributed by atoms with Gasteiger partial charge in [-0.05, 0) is 32.0 Å². The molecule has 4 N–H and O–H groups in total. The van der Waals surface area contributed by atoms with E-state index in [1.165, 1.54) is 5.56 Å². The van der Waals surface area contributed by atoms with Gasteiger partial charge < -0.3 is 16.2 Å². The van der Waals surface area contributed by atoms with E-state index in [4.69, 9.17) is 5.73 Å². The fourth-order valence-corrected chi connectivity index (χ4v) is 3.32. The van der Waals surface area contributed by atoms with Crippen LogP contribution in [0.4, 0.5) is 0 Å². The highest BCUT2D eigenvalue weighted by molar-refractivity contribution is 5.22. The Kier molecular flexibility index (Phi) is 5.16. The first kappa shape index (κ1) is 15.4. The molecule has 1 unspecified atom stereocenters. The lowest BCUT2D eigenvalue weighted by molar-refractivity contribution is 0.0273. The van der Waals surface area contributed by atoms with Crippen LogP contribution >= 0.6 is 0 Å². The summed E-state index contributed by atoms with van der Waals surface area (Å²) in [4.78, 5) is 2.34. The average molecular weight is 277 g/mol. The molecule has 0 amide bonds. The van der Waals surface area contributed by atoms with Crippen molar-refractivity contribution in [3.05, 3.63) is 35.9 Å². The molecule has 112 valence electrons. The summed E-state index contributed by atoms with van der Waals surface area (Å²) in [6.07, 6.45) is 0. The Morgan fingerprint density at radius 2 is 2.05 bits per heavy atom. The highest BCUT2D eigenvalue weighted by Gasteiger charge is 2.35. The number of likely N-dealkylation sites (N-methyl/N-ethyl adjacent to an activating group) is 1. The Hall–Kier alpha value is -0.940. The molecule has 4 nitrogen and oxygen atoms in total. The standard InChI is InChI=1S/C16H27N3O/c1-16(20,11-18-2)12-19-9-14(8-17)15(10-19)13-6-4-3-5-7-13/h3-7,14-15,18,20H,8-12,17H2,1-2H3/t14-,15+,16?/m1/s1. The van der Waals surface area contributed by atoms with Gasteiger partial charge in [0.1, 0.15) is 0 Å². The summed E-state index contributed by atoms with van der Waals surface area (Å²) in [6.45, 7) is 5.82. The van der Waals surface area contributed by atoms with E-state index in [9.17, 15) is 5.11 Å². The fourth-order valence-electron chi connectivity index (χ4n) is 3.32. The SMILES string of the molecule is CNCC(C)(O)CN1C[C@@H](CN)[C@H](c2ccccc2)C1. The predicted octanol–water partition coefficient (Wildman–Crippen LogP) is 0.631. The largest absolute Gasteiger partial charge is 0.388 e. The van der Waals surface area contributed by atoms with Gasteiger partial charge in [-0.2, -0.15) is 0 Å². The second-order valence-electron chi connectivity index (χ2n) is 6.23. The second-order valence-corrected chi connectivity index (χ2v) is 6.23. The highest BCUT2D eigenvalue weighted by atomic mass is 16.3. The van der Waals surface area contributed by atoms with E-state index in [0.29, 0.717) is 31.5 Å². The molecule has 0 spiro atoms. The van der Waals surface area contributed by atoms with Crippen molar-refractivity contribution in [2.24, 2.45) is 11.7 Å². The Bertz CT molecular complexity index is 407. The molecule has 0 aromatic heterocycles. The molecule has 1 aliphatic rings. The molecule has 2 rings (SSSR count). The van der Waals surface area contributed by atoms with E-state index < -0.39 is 5.60 Å². The van der Waals surface area contributed by atoms with Crippen LogP contribution in [0.2, 0.25) is 0 Å². The smallest absolute Gasteiger partial charge is 0.0869 e. The molecule has 0 radical (unpaired) electrons. The second kappa shape index (κ2) is 6.68. The molecular formula is C16H27N3O. The zero-order valence-electron chi connectivity index (χ0n) is 12.5. The molecule has 1 aromatic carbocycles. The van der Waals surface area contributed by atoms with Crippen molar-refractivity contribution in [2.45, 2.75) is 18.4 Å². The van der Waals surface area contributed by atoms with Crippen molar-refractivity contribution in [1.82, 2.24) is 10.2 Å². The highest BCUT2D eigenvalue weighted by Crippen LogP contribution is 2.32. The summed E-state index contributed by atoms with van der Waals surface area (Å²) in [6, 6.07) is 10.6. The molecule has 1 fully saturated rings. The average Bonchev–Trinajstić information content (AvgIpc) is 2.81. The summed E-state index contributed by atoms with van der Waals surface area (Å²) in [5, 5.41) is 13.4. The van der Waals surface area contributed by atoms with E-state index in [2.05, 4.69) is 34.5 Å². The van der Waals surface area contributed by atoms with Crippen LogP contribution in [0.3, 0.4) is 0 Å². The van der Waals surface area contributed by atoms with Crippen LogP contribution in [0.5, 0.6) is 0 Å². The van der Waals surface area contributed by atoms with Crippen LogP contribution in [-0.2, 0) is 0 Å². The molecule has 4 heteroatoms. The van der Waals surface area contributed by atoms with Crippen molar-refractivity contribution in [3.8, 4) is 0 Å². The maximum Gasteiger partial charge on any atom is 0.0869 e. The Morgan fingerprint density at radius 1 is 1.35 bits per heavy atom. The molecule has 1 saturated heterocycles. The minimum atomic E-state index is -0.695. The summed E-state index contributed by atoms with van der Waals surface area (Å²) >= 11 is 0. The van der Waals surface area contributed by atoms with Crippen LogP contribution in [0.25, 0.3) is 0 Å². The van der Waals surface area contributed by atoms with Crippen LogP contribution in [0.15, 0.2) is 30.3 Å². The quantitative estimate of drug-likeness (QED) is 0.714. The Labute approximate surface area is 122 Å². The van der Waals surface area contributed by atoms with Crippen molar-refractivity contribution in [2.75, 3.05) is 39.8 Å². The van der Waals surface area contributed by atoms with Crippen LogP contribution in [0.1, 0.15) is 18.4 Å². The van der Waals surface area contributed by atoms with Gasteiger partial charge in [-0.15, -0.1) is 0 Å². The van der Waals surface area contributed by atoms with Gasteiger partial charge in [-0.25, -0.2) is 0 Å². The van der Waals surface area contributed by atoms with E-state index in [0.717, 1.165) is 13.1 Å². The molecule has 1 aliphatic heterocycles. The van der Waals surface area contributed by atoms with E-state index in [-0.39, 0.29) is 0 Å². The molecule has 0 saturated carbocycles. The number of nitrogens with zero attached hydrogens (tertiary/aromatic N) is 1. The number of benzene rings is 1. The summed E-state index contributed by atoms with van der Waals surface area (Å²) in [7, 11) is 1.87. The number of rotatable bonds is 6.